The predicted molar refractivity (Wildman–Crippen MR) is 67.8 cm³/mol. The molecule has 0 heterocycles. The van der Waals surface area contributed by atoms with Gasteiger partial charge in [0.2, 0.25) is 0 Å². The maximum absolute atomic E-state index is 11.9. The van der Waals surface area contributed by atoms with E-state index in [1.165, 1.54) is 18.9 Å². The van der Waals surface area contributed by atoms with Crippen LogP contribution in [0, 0.1) is 0 Å². The lowest BCUT2D eigenvalue weighted by Gasteiger charge is -2.23. The van der Waals surface area contributed by atoms with Crippen molar-refractivity contribution in [3.05, 3.63) is 0 Å². The Hall–Kier alpha value is -0.0100. The lowest BCUT2D eigenvalue weighted by molar-refractivity contribution is 0.0226. The fourth-order valence-electron chi connectivity index (χ4n) is 1.14. The minimum Gasteiger partial charge on any atom is -0.382 e. The highest BCUT2D eigenvalue weighted by Gasteiger charge is 2.27. The standard InChI is InChI=1S/C10H24NO6P/c1-11(18(12,14-3)15-4)5-6-16-9-10-17-8-7-13-2/h5-10H2,1-4H3. The topological polar surface area (TPSA) is 66.5 Å². The van der Waals surface area contributed by atoms with Crippen molar-refractivity contribution in [1.82, 2.24) is 4.67 Å². The van der Waals surface area contributed by atoms with Crippen LogP contribution in [0.25, 0.3) is 0 Å². The fourth-order valence-corrected chi connectivity index (χ4v) is 2.17. The van der Waals surface area contributed by atoms with Crippen LogP contribution in [0.2, 0.25) is 0 Å². The third-order valence-electron chi connectivity index (χ3n) is 2.24. The highest BCUT2D eigenvalue weighted by Crippen LogP contribution is 2.48. The summed E-state index contributed by atoms with van der Waals surface area (Å²) in [4.78, 5) is 0. The average Bonchev–Trinajstić information content (AvgIpc) is 2.40. The summed E-state index contributed by atoms with van der Waals surface area (Å²) in [6.07, 6.45) is 0. The molecule has 7 nitrogen and oxygen atoms in total. The summed E-state index contributed by atoms with van der Waals surface area (Å²) in [7, 11) is 2.85. The molecule has 8 heteroatoms. The summed E-state index contributed by atoms with van der Waals surface area (Å²) in [5, 5.41) is 0. The van der Waals surface area contributed by atoms with E-state index in [-0.39, 0.29) is 0 Å². The first kappa shape index (κ1) is 18.0. The molecule has 0 rings (SSSR count). The van der Waals surface area contributed by atoms with E-state index in [9.17, 15) is 4.57 Å². The summed E-state index contributed by atoms with van der Waals surface area (Å²) in [6.45, 7) is 3.02. The molecule has 0 saturated carbocycles. The monoisotopic (exact) mass is 285 g/mol. The zero-order chi connectivity index (χ0) is 13.9. The van der Waals surface area contributed by atoms with Crippen molar-refractivity contribution in [3.8, 4) is 0 Å². The summed E-state index contributed by atoms with van der Waals surface area (Å²) in [6, 6.07) is 0. The maximum Gasteiger partial charge on any atom is 0.407 e. The van der Waals surface area contributed by atoms with E-state index in [4.69, 9.17) is 23.3 Å². The van der Waals surface area contributed by atoms with Gasteiger partial charge in [0.05, 0.1) is 33.0 Å². The zero-order valence-electron chi connectivity index (χ0n) is 11.6. The van der Waals surface area contributed by atoms with Gasteiger partial charge in [0.1, 0.15) is 0 Å². The molecule has 110 valence electrons. The van der Waals surface area contributed by atoms with Gasteiger partial charge < -0.3 is 14.2 Å². The molecule has 0 spiro atoms. The van der Waals surface area contributed by atoms with E-state index in [0.29, 0.717) is 39.6 Å². The third kappa shape index (κ3) is 7.43. The minimum atomic E-state index is -3.14. The van der Waals surface area contributed by atoms with Crippen molar-refractivity contribution in [2.75, 3.05) is 68.0 Å². The van der Waals surface area contributed by atoms with Crippen LogP contribution in [-0.2, 0) is 27.8 Å². The number of methoxy groups -OCH3 is 1. The quantitative estimate of drug-likeness (QED) is 0.391. The second-order valence-corrected chi connectivity index (χ2v) is 5.78. The smallest absolute Gasteiger partial charge is 0.382 e. The van der Waals surface area contributed by atoms with Crippen molar-refractivity contribution >= 4 is 7.75 Å². The van der Waals surface area contributed by atoms with Crippen LogP contribution in [0.1, 0.15) is 0 Å². The van der Waals surface area contributed by atoms with Crippen LogP contribution >= 0.6 is 7.75 Å². The maximum atomic E-state index is 11.9. The van der Waals surface area contributed by atoms with Crippen LogP contribution in [0.15, 0.2) is 0 Å². The summed E-state index contributed by atoms with van der Waals surface area (Å²) < 4.78 is 38.4. The predicted octanol–water partition coefficient (Wildman–Crippen LogP) is 0.999. The van der Waals surface area contributed by atoms with Crippen molar-refractivity contribution in [1.29, 1.82) is 0 Å². The molecule has 0 bridgehead atoms. The lowest BCUT2D eigenvalue weighted by Crippen LogP contribution is -2.22. The molecular formula is C10H24NO6P. The number of ether oxygens (including phenoxy) is 3. The Balaban J connectivity index is 3.51. The van der Waals surface area contributed by atoms with Gasteiger partial charge in [0.15, 0.2) is 0 Å². The first-order valence-electron chi connectivity index (χ1n) is 5.68. The first-order valence-corrected chi connectivity index (χ1v) is 7.17. The van der Waals surface area contributed by atoms with Gasteiger partial charge in [0.25, 0.3) is 0 Å². The molecule has 0 amide bonds. The molecule has 0 fully saturated rings. The number of hydrogen-bond donors (Lipinski definition) is 0. The Kier molecular flexibility index (Phi) is 10.9. The van der Waals surface area contributed by atoms with Gasteiger partial charge in [-0.3, -0.25) is 9.05 Å². The van der Waals surface area contributed by atoms with E-state index >= 15 is 0 Å². The van der Waals surface area contributed by atoms with Crippen molar-refractivity contribution in [2.24, 2.45) is 0 Å². The minimum absolute atomic E-state index is 0.431. The van der Waals surface area contributed by atoms with Gasteiger partial charge in [-0.1, -0.05) is 0 Å². The molecule has 0 aromatic rings. The SMILES string of the molecule is COCCOCCOCCN(C)P(=O)(OC)OC. The molecule has 0 saturated heterocycles. The zero-order valence-corrected chi connectivity index (χ0v) is 12.5. The van der Waals surface area contributed by atoms with E-state index in [0.717, 1.165) is 0 Å². The molecule has 0 aromatic heterocycles. The van der Waals surface area contributed by atoms with Crippen molar-refractivity contribution in [2.45, 2.75) is 0 Å². The average molecular weight is 285 g/mol. The molecule has 0 unspecified atom stereocenters. The summed E-state index contributed by atoms with van der Waals surface area (Å²) in [5.41, 5.74) is 0. The molecular weight excluding hydrogens is 261 g/mol. The molecule has 18 heavy (non-hydrogen) atoms. The van der Waals surface area contributed by atoms with Crippen LogP contribution in [0.4, 0.5) is 0 Å². The molecule has 0 N–H and O–H groups in total. The third-order valence-corrected chi connectivity index (χ3v) is 4.20. The normalized spacial score (nSPS) is 12.3. The van der Waals surface area contributed by atoms with E-state index < -0.39 is 7.75 Å². The van der Waals surface area contributed by atoms with Crippen molar-refractivity contribution in [3.63, 3.8) is 0 Å². The number of nitrogens with zero attached hydrogens (tertiary/aromatic N) is 1. The first-order chi connectivity index (χ1) is 8.60. The van der Waals surface area contributed by atoms with Gasteiger partial charge in [-0.2, -0.15) is 0 Å². The van der Waals surface area contributed by atoms with E-state index in [1.807, 2.05) is 0 Å². The van der Waals surface area contributed by atoms with Crippen LogP contribution < -0.4 is 0 Å². The molecule has 0 atom stereocenters. The Morgan fingerprint density at radius 1 is 0.889 bits per heavy atom. The Morgan fingerprint density at radius 3 is 1.89 bits per heavy atom. The second kappa shape index (κ2) is 10.9. The number of likely N-dealkylation sites (N-methyl/N-ethyl adjacent to an activating group) is 1. The molecule has 0 aliphatic heterocycles. The van der Waals surface area contributed by atoms with E-state index in [1.54, 1.807) is 14.2 Å². The summed E-state index contributed by atoms with van der Waals surface area (Å²) >= 11 is 0. The number of hydrogen-bond acceptors (Lipinski definition) is 6. The molecule has 0 aromatic carbocycles. The van der Waals surface area contributed by atoms with Crippen molar-refractivity contribution < 1.29 is 27.8 Å². The molecule has 0 aliphatic rings. The van der Waals surface area contributed by atoms with Gasteiger partial charge >= 0.3 is 7.75 Å². The highest BCUT2D eigenvalue weighted by atomic mass is 31.2. The summed E-state index contributed by atoms with van der Waals surface area (Å²) in [5.74, 6) is 0. The number of rotatable bonds is 12. The van der Waals surface area contributed by atoms with Gasteiger partial charge in [-0.15, -0.1) is 0 Å². The second-order valence-electron chi connectivity index (χ2n) is 3.43. The molecule has 0 aliphatic carbocycles. The molecule has 0 radical (unpaired) electrons. The van der Waals surface area contributed by atoms with Crippen LogP contribution in [0.5, 0.6) is 0 Å². The van der Waals surface area contributed by atoms with E-state index in [2.05, 4.69) is 0 Å². The Bertz CT molecular complexity index is 232. The van der Waals surface area contributed by atoms with Gasteiger partial charge in [-0.25, -0.2) is 9.24 Å². The largest absolute Gasteiger partial charge is 0.407 e. The van der Waals surface area contributed by atoms with Gasteiger partial charge in [0, 0.05) is 27.9 Å². The Labute approximate surface area is 109 Å². The Morgan fingerprint density at radius 2 is 1.39 bits per heavy atom. The lowest BCUT2D eigenvalue weighted by atomic mass is 10.6. The van der Waals surface area contributed by atoms with Gasteiger partial charge in [-0.05, 0) is 7.05 Å². The van der Waals surface area contributed by atoms with Crippen LogP contribution in [0.3, 0.4) is 0 Å². The highest BCUT2D eigenvalue weighted by molar-refractivity contribution is 7.51. The van der Waals surface area contributed by atoms with Crippen LogP contribution in [-0.4, -0.2) is 72.6 Å². The fraction of sp³-hybridized carbons (Fsp3) is 1.00.